The minimum Gasteiger partial charge on any atom is -0.391 e. The summed E-state index contributed by atoms with van der Waals surface area (Å²) in [4.78, 5) is 69.7. The largest absolute Gasteiger partial charge is 0.391 e. The molecule has 0 bridgehead atoms. The Morgan fingerprint density at radius 2 is 1.58 bits per heavy atom. The highest BCUT2D eigenvalue weighted by Crippen LogP contribution is 2.28. The Balaban J connectivity index is 2.49. The number of carbonyl (C=O) groups excluding carboxylic acids is 5. The maximum absolute atomic E-state index is 14.1. The first-order valence-electron chi connectivity index (χ1n) is 18.3. The Hall–Kier alpha value is -2.77. The van der Waals surface area contributed by atoms with Crippen molar-refractivity contribution in [2.75, 3.05) is 26.7 Å². The topological polar surface area (TPSA) is 192 Å². The van der Waals surface area contributed by atoms with Crippen molar-refractivity contribution in [3.8, 4) is 0 Å². The minimum absolute atomic E-state index is 0.0855. The highest BCUT2D eigenvalue weighted by atomic mass is 16.5. The number of aliphatic hydroxyl groups excluding tert-OH is 1. The molecular weight excluding hydrogens is 616 g/mol. The zero-order valence-corrected chi connectivity index (χ0v) is 30.2. The second-order valence-electron chi connectivity index (χ2n) is 14.2. The van der Waals surface area contributed by atoms with Gasteiger partial charge in [0.1, 0.15) is 24.2 Å². The van der Waals surface area contributed by atoms with Crippen molar-refractivity contribution in [1.29, 1.82) is 0 Å². The summed E-state index contributed by atoms with van der Waals surface area (Å²) in [5.41, 5.74) is 5.91. The molecule has 0 radical (unpaired) electrons. The number of aliphatic hydroxyl groups is 1. The van der Waals surface area contributed by atoms with Gasteiger partial charge in [-0.05, 0) is 50.9 Å². The molecule has 2 fully saturated rings. The molecule has 1 saturated heterocycles. The summed E-state index contributed by atoms with van der Waals surface area (Å²) < 4.78 is 6.26. The van der Waals surface area contributed by atoms with Crippen molar-refractivity contribution in [1.82, 2.24) is 26.2 Å². The van der Waals surface area contributed by atoms with Crippen LogP contribution in [0.25, 0.3) is 0 Å². The van der Waals surface area contributed by atoms with Gasteiger partial charge in [-0.15, -0.1) is 0 Å². The first kappa shape index (κ1) is 41.4. The number of amides is 5. The highest BCUT2D eigenvalue weighted by Gasteiger charge is 2.39. The summed E-state index contributed by atoms with van der Waals surface area (Å²) in [6, 6.07) is -4.26. The lowest BCUT2D eigenvalue weighted by molar-refractivity contribution is -0.147. The van der Waals surface area contributed by atoms with Crippen LogP contribution in [0.2, 0.25) is 0 Å². The number of ether oxygens (including phenoxy) is 1. The maximum atomic E-state index is 14.1. The van der Waals surface area contributed by atoms with Gasteiger partial charge in [0.15, 0.2) is 0 Å². The van der Waals surface area contributed by atoms with Gasteiger partial charge in [0, 0.05) is 26.7 Å². The molecule has 1 aliphatic carbocycles. The fourth-order valence-corrected chi connectivity index (χ4v) is 6.67. The third-order valence-electron chi connectivity index (χ3n) is 9.69. The van der Waals surface area contributed by atoms with Crippen LogP contribution in [0.4, 0.5) is 0 Å². The molecule has 0 aromatic heterocycles. The Labute approximate surface area is 287 Å². The highest BCUT2D eigenvalue weighted by molar-refractivity contribution is 5.96. The molecule has 0 spiro atoms. The summed E-state index contributed by atoms with van der Waals surface area (Å²) in [5, 5.41) is 21.3. The smallest absolute Gasteiger partial charge is 0.245 e. The van der Waals surface area contributed by atoms with Crippen molar-refractivity contribution in [2.24, 2.45) is 23.5 Å². The van der Waals surface area contributed by atoms with Gasteiger partial charge in [0.25, 0.3) is 0 Å². The summed E-state index contributed by atoms with van der Waals surface area (Å²) in [6.07, 6.45) is 8.26. The third kappa shape index (κ3) is 12.9. The van der Waals surface area contributed by atoms with Crippen LogP contribution in [0, 0.1) is 17.8 Å². The van der Waals surface area contributed by atoms with Gasteiger partial charge in [-0.25, -0.2) is 0 Å². The average molecular weight is 681 g/mol. The van der Waals surface area contributed by atoms with Crippen LogP contribution in [0.15, 0.2) is 0 Å². The summed E-state index contributed by atoms with van der Waals surface area (Å²) in [5.74, 6) is -3.11. The number of nitrogens with zero attached hydrogens (tertiary/aromatic N) is 1. The fraction of sp³-hybridized carbons (Fsp3) is 0.857. The van der Waals surface area contributed by atoms with E-state index in [1.807, 2.05) is 20.8 Å². The zero-order chi connectivity index (χ0) is 35.8. The van der Waals surface area contributed by atoms with Crippen LogP contribution in [0.3, 0.4) is 0 Å². The predicted molar refractivity (Wildman–Crippen MR) is 184 cm³/mol. The van der Waals surface area contributed by atoms with E-state index in [-0.39, 0.29) is 43.5 Å². The van der Waals surface area contributed by atoms with E-state index in [0.717, 1.165) is 57.8 Å². The van der Waals surface area contributed by atoms with E-state index in [2.05, 4.69) is 28.2 Å². The molecule has 0 aromatic rings. The molecule has 13 heteroatoms. The number of hydrogen-bond donors (Lipinski definition) is 6. The number of likely N-dealkylation sites (N-methyl/N-ethyl adjacent to an activating group) is 1. The lowest BCUT2D eigenvalue weighted by Crippen LogP contribution is -2.62. The SMILES string of the molecule is CCCCCC[C@H]1OCCCNC(=O)[C@H]([C@H](C)O)NC(=O)[C@H](CN)NC(=O)[C@H](C2CCCCC2)NC(=O)[C@H](CC(C)C)N(C)C(=O)[C@@H]1C. The Kier molecular flexibility index (Phi) is 18.4. The van der Waals surface area contributed by atoms with E-state index in [9.17, 15) is 29.1 Å². The van der Waals surface area contributed by atoms with Crippen LogP contribution in [0.1, 0.15) is 112 Å². The van der Waals surface area contributed by atoms with Crippen LogP contribution in [-0.2, 0) is 28.7 Å². The summed E-state index contributed by atoms with van der Waals surface area (Å²) >= 11 is 0. The molecule has 1 aliphatic heterocycles. The van der Waals surface area contributed by atoms with Crippen LogP contribution in [0.5, 0.6) is 0 Å². The number of nitrogens with one attached hydrogen (secondary N) is 4. The second kappa shape index (κ2) is 21.3. The molecule has 276 valence electrons. The monoisotopic (exact) mass is 680 g/mol. The van der Waals surface area contributed by atoms with Gasteiger partial charge in [0.05, 0.1) is 18.1 Å². The molecule has 1 heterocycles. The first-order chi connectivity index (χ1) is 22.8. The molecule has 7 atom stereocenters. The number of rotatable bonds is 10. The number of carbonyl (C=O) groups is 5. The quantitative estimate of drug-likeness (QED) is 0.188. The van der Waals surface area contributed by atoms with Crippen molar-refractivity contribution < 1.29 is 33.8 Å². The number of unbranched alkanes of at least 4 members (excludes halogenated alkanes) is 3. The van der Waals surface area contributed by atoms with E-state index in [0.29, 0.717) is 19.3 Å². The molecule has 2 aliphatic rings. The van der Waals surface area contributed by atoms with Gasteiger partial charge in [0.2, 0.25) is 29.5 Å². The van der Waals surface area contributed by atoms with Crippen LogP contribution in [-0.4, -0.2) is 103 Å². The molecule has 1 saturated carbocycles. The molecule has 7 N–H and O–H groups in total. The van der Waals surface area contributed by atoms with E-state index in [4.69, 9.17) is 10.5 Å². The zero-order valence-electron chi connectivity index (χ0n) is 30.2. The van der Waals surface area contributed by atoms with E-state index in [1.54, 1.807) is 7.05 Å². The first-order valence-corrected chi connectivity index (χ1v) is 18.3. The standard InChI is InChI=1S/C35H64N6O7/c1-7-8-9-13-17-28-23(4)35(47)41(6)27(20-22(2)3)32(44)40-30(25-15-11-10-12-16-25)34(46)38-26(21-36)31(43)39-29(24(5)42)33(45)37-18-14-19-48-28/h22-30,42H,7-21,36H2,1-6H3,(H,37,45)(H,38,46)(H,39,43)(H,40,44)/t23-,24+,26+,27+,28-,29+,30+/m1/s1. The predicted octanol–water partition coefficient (Wildman–Crippen LogP) is 1.75. The molecule has 13 nitrogen and oxygen atoms in total. The van der Waals surface area contributed by atoms with E-state index < -0.39 is 59.8 Å². The van der Waals surface area contributed by atoms with Crippen molar-refractivity contribution in [2.45, 2.75) is 148 Å². The number of nitrogens with two attached hydrogens (primary N) is 1. The van der Waals surface area contributed by atoms with Gasteiger partial charge in [-0.1, -0.05) is 72.6 Å². The van der Waals surface area contributed by atoms with E-state index in [1.165, 1.54) is 11.8 Å². The lowest BCUT2D eigenvalue weighted by Gasteiger charge is -2.36. The van der Waals surface area contributed by atoms with Crippen molar-refractivity contribution in [3.63, 3.8) is 0 Å². The second-order valence-corrected chi connectivity index (χ2v) is 14.2. The van der Waals surface area contributed by atoms with E-state index >= 15 is 0 Å². The van der Waals surface area contributed by atoms with Crippen LogP contribution < -0.4 is 27.0 Å². The molecule has 0 aromatic carbocycles. The van der Waals surface area contributed by atoms with Gasteiger partial charge < -0.3 is 41.7 Å². The Morgan fingerprint density at radius 3 is 2.19 bits per heavy atom. The molecular formula is C35H64N6O7. The Morgan fingerprint density at radius 1 is 0.896 bits per heavy atom. The number of hydrogen-bond acceptors (Lipinski definition) is 8. The lowest BCUT2D eigenvalue weighted by atomic mass is 9.83. The molecule has 48 heavy (non-hydrogen) atoms. The van der Waals surface area contributed by atoms with Gasteiger partial charge in [-0.3, -0.25) is 24.0 Å². The van der Waals surface area contributed by atoms with Crippen LogP contribution >= 0.6 is 0 Å². The van der Waals surface area contributed by atoms with Crippen molar-refractivity contribution in [3.05, 3.63) is 0 Å². The summed E-state index contributed by atoms with van der Waals surface area (Å²) in [7, 11) is 1.64. The Bertz CT molecular complexity index is 1030. The molecule has 2 rings (SSSR count). The van der Waals surface area contributed by atoms with Crippen molar-refractivity contribution >= 4 is 29.5 Å². The molecule has 5 amide bonds. The van der Waals surface area contributed by atoms with Gasteiger partial charge in [-0.2, -0.15) is 0 Å². The third-order valence-corrected chi connectivity index (χ3v) is 9.69. The summed E-state index contributed by atoms with van der Waals surface area (Å²) in [6.45, 7) is 9.58. The normalized spacial score (nSPS) is 29.1. The minimum atomic E-state index is -1.28. The molecule has 0 unspecified atom stereocenters. The average Bonchev–Trinajstić information content (AvgIpc) is 3.06. The maximum Gasteiger partial charge on any atom is 0.245 e. The fourth-order valence-electron chi connectivity index (χ4n) is 6.67. The van der Waals surface area contributed by atoms with Gasteiger partial charge >= 0.3 is 0 Å².